The van der Waals surface area contributed by atoms with Gasteiger partial charge in [-0.1, -0.05) is 24.3 Å². The number of rotatable bonds is 6. The molecule has 2 aliphatic rings. The van der Waals surface area contributed by atoms with E-state index in [2.05, 4.69) is 10.6 Å². The van der Waals surface area contributed by atoms with E-state index in [-0.39, 0.29) is 30.0 Å². The molecule has 7 nitrogen and oxygen atoms in total. The quantitative estimate of drug-likeness (QED) is 0.722. The summed E-state index contributed by atoms with van der Waals surface area (Å²) in [6.07, 6.45) is 0.846. The number of nitrogens with zero attached hydrogens (tertiary/aromatic N) is 1. The van der Waals surface area contributed by atoms with E-state index in [1.807, 2.05) is 24.3 Å². The van der Waals surface area contributed by atoms with Crippen LogP contribution < -0.4 is 10.6 Å². The van der Waals surface area contributed by atoms with Crippen molar-refractivity contribution in [1.82, 2.24) is 14.9 Å². The molecule has 2 saturated heterocycles. The van der Waals surface area contributed by atoms with E-state index < -0.39 is 10.0 Å². The molecule has 2 N–H and O–H groups in total. The summed E-state index contributed by atoms with van der Waals surface area (Å²) in [6, 6.07) is 7.38. The van der Waals surface area contributed by atoms with Crippen molar-refractivity contribution in [2.45, 2.75) is 18.7 Å². The van der Waals surface area contributed by atoms with Gasteiger partial charge in [0.25, 0.3) is 0 Å². The summed E-state index contributed by atoms with van der Waals surface area (Å²) in [5.74, 6) is -0.0237. The number of carbonyl (C=O) groups excluding carboxylic acids is 1. The summed E-state index contributed by atoms with van der Waals surface area (Å²) >= 11 is 0. The van der Waals surface area contributed by atoms with E-state index in [1.165, 1.54) is 4.31 Å². The molecule has 0 aromatic heterocycles. The lowest BCUT2D eigenvalue weighted by Gasteiger charge is -2.26. The molecule has 2 heterocycles. The van der Waals surface area contributed by atoms with Crippen molar-refractivity contribution < 1.29 is 17.9 Å². The molecule has 0 radical (unpaired) electrons. The van der Waals surface area contributed by atoms with Crippen molar-refractivity contribution in [2.24, 2.45) is 5.92 Å². The first-order chi connectivity index (χ1) is 12.1. The highest BCUT2D eigenvalue weighted by Gasteiger charge is 2.26. The maximum atomic E-state index is 12.6. The van der Waals surface area contributed by atoms with Crippen molar-refractivity contribution in [1.29, 1.82) is 0 Å². The molecule has 2 fully saturated rings. The van der Waals surface area contributed by atoms with Crippen LogP contribution in [0.5, 0.6) is 0 Å². The van der Waals surface area contributed by atoms with Gasteiger partial charge in [0.05, 0.1) is 24.9 Å². The van der Waals surface area contributed by atoms with E-state index in [1.54, 1.807) is 0 Å². The molecule has 1 atom stereocenters. The summed E-state index contributed by atoms with van der Waals surface area (Å²) < 4.78 is 32.0. The van der Waals surface area contributed by atoms with Crippen molar-refractivity contribution >= 4 is 28.3 Å². The summed E-state index contributed by atoms with van der Waals surface area (Å²) in [6.45, 7) is 3.60. The Morgan fingerprint density at radius 3 is 2.58 bits per heavy atom. The van der Waals surface area contributed by atoms with Gasteiger partial charge in [-0.05, 0) is 24.1 Å². The molecule has 146 valence electrons. The van der Waals surface area contributed by atoms with Crippen LogP contribution in [0.25, 0.3) is 0 Å². The smallest absolute Gasteiger partial charge is 0.224 e. The Morgan fingerprint density at radius 2 is 1.92 bits per heavy atom. The van der Waals surface area contributed by atoms with E-state index >= 15 is 0 Å². The van der Waals surface area contributed by atoms with Crippen LogP contribution in [-0.2, 0) is 31.9 Å². The second-order valence-corrected chi connectivity index (χ2v) is 8.41. The number of carbonyl (C=O) groups is 1. The largest absolute Gasteiger partial charge is 0.379 e. The zero-order valence-electron chi connectivity index (χ0n) is 14.6. The Labute approximate surface area is 160 Å². The van der Waals surface area contributed by atoms with Gasteiger partial charge in [0.1, 0.15) is 0 Å². The Kier molecular flexibility index (Phi) is 7.85. The Bertz CT molecular complexity index is 702. The predicted octanol–water partition coefficient (Wildman–Crippen LogP) is 0.496. The molecule has 2 aliphatic heterocycles. The fraction of sp³-hybridized carbons (Fsp3) is 0.588. The van der Waals surface area contributed by atoms with Crippen molar-refractivity contribution in [3.63, 3.8) is 0 Å². The Balaban J connectivity index is 0.00000243. The zero-order valence-corrected chi connectivity index (χ0v) is 16.3. The van der Waals surface area contributed by atoms with Crippen LogP contribution in [0.15, 0.2) is 24.3 Å². The maximum absolute atomic E-state index is 12.6. The van der Waals surface area contributed by atoms with E-state index in [9.17, 15) is 13.2 Å². The van der Waals surface area contributed by atoms with Crippen molar-refractivity contribution in [3.05, 3.63) is 35.4 Å². The number of hydrogen-bond acceptors (Lipinski definition) is 5. The predicted molar refractivity (Wildman–Crippen MR) is 102 cm³/mol. The Morgan fingerprint density at radius 1 is 1.23 bits per heavy atom. The standard InChI is InChI=1S/C17H25N3O4S.ClH/c21-17(15-5-6-18-11-15)19-12-14-3-1-2-4-16(14)13-25(22,23)20-7-9-24-10-8-20;/h1-4,15,18H,5-13H2,(H,19,21);1H. The van der Waals surface area contributed by atoms with E-state index in [0.29, 0.717) is 39.4 Å². The third-order valence-electron chi connectivity index (χ3n) is 4.70. The first kappa shape index (κ1) is 21.1. The van der Waals surface area contributed by atoms with Crippen molar-refractivity contribution in [3.8, 4) is 0 Å². The van der Waals surface area contributed by atoms with Crippen LogP contribution in [0.1, 0.15) is 17.5 Å². The number of hydrogen-bond donors (Lipinski definition) is 2. The monoisotopic (exact) mass is 403 g/mol. The number of ether oxygens (including phenoxy) is 1. The molecule has 1 aromatic rings. The summed E-state index contributed by atoms with van der Waals surface area (Å²) in [4.78, 5) is 12.2. The second-order valence-electron chi connectivity index (χ2n) is 6.44. The van der Waals surface area contributed by atoms with Gasteiger partial charge in [0.2, 0.25) is 15.9 Å². The van der Waals surface area contributed by atoms with Gasteiger partial charge in [-0.25, -0.2) is 8.42 Å². The first-order valence-electron chi connectivity index (χ1n) is 8.67. The molecule has 0 spiro atoms. The third kappa shape index (κ3) is 5.40. The summed E-state index contributed by atoms with van der Waals surface area (Å²) in [7, 11) is -3.38. The van der Waals surface area contributed by atoms with Crippen LogP contribution >= 0.6 is 12.4 Å². The molecule has 0 bridgehead atoms. The first-order valence-corrected chi connectivity index (χ1v) is 10.3. The summed E-state index contributed by atoms with van der Waals surface area (Å²) in [5.41, 5.74) is 1.58. The average Bonchev–Trinajstić information content (AvgIpc) is 3.16. The van der Waals surface area contributed by atoms with Gasteiger partial charge in [-0.15, -0.1) is 12.4 Å². The number of morpholine rings is 1. The van der Waals surface area contributed by atoms with Crippen LogP contribution in [-0.4, -0.2) is 58.0 Å². The molecule has 26 heavy (non-hydrogen) atoms. The molecule has 9 heteroatoms. The highest BCUT2D eigenvalue weighted by Crippen LogP contribution is 2.17. The maximum Gasteiger partial charge on any atom is 0.224 e. The van der Waals surface area contributed by atoms with E-state index in [0.717, 1.165) is 24.1 Å². The van der Waals surface area contributed by atoms with Gasteiger partial charge in [0, 0.05) is 26.2 Å². The summed E-state index contributed by atoms with van der Waals surface area (Å²) in [5, 5.41) is 6.11. The molecule has 0 aliphatic carbocycles. The minimum atomic E-state index is -3.38. The van der Waals surface area contributed by atoms with Crippen LogP contribution in [0, 0.1) is 5.92 Å². The molecule has 3 rings (SSSR count). The highest BCUT2D eigenvalue weighted by molar-refractivity contribution is 7.88. The van der Waals surface area contributed by atoms with Crippen molar-refractivity contribution in [2.75, 3.05) is 39.4 Å². The van der Waals surface area contributed by atoms with Crippen LogP contribution in [0.3, 0.4) is 0 Å². The van der Waals surface area contributed by atoms with Gasteiger partial charge in [0.15, 0.2) is 0 Å². The van der Waals surface area contributed by atoms with E-state index in [4.69, 9.17) is 4.74 Å². The fourth-order valence-electron chi connectivity index (χ4n) is 3.19. The Hall–Kier alpha value is -1.19. The topological polar surface area (TPSA) is 87.7 Å². The SMILES string of the molecule is Cl.O=C(NCc1ccccc1CS(=O)(=O)N1CCOCC1)C1CCNC1. The van der Waals surface area contributed by atoms with Crippen LogP contribution in [0.2, 0.25) is 0 Å². The van der Waals surface area contributed by atoms with Gasteiger partial charge in [-0.3, -0.25) is 4.79 Å². The molecular formula is C17H26ClN3O4S. The lowest BCUT2D eigenvalue weighted by molar-refractivity contribution is -0.124. The van der Waals surface area contributed by atoms with Gasteiger partial charge in [-0.2, -0.15) is 4.31 Å². The van der Waals surface area contributed by atoms with Gasteiger partial charge >= 0.3 is 0 Å². The number of amides is 1. The number of sulfonamides is 1. The molecule has 1 amide bonds. The average molecular weight is 404 g/mol. The second kappa shape index (κ2) is 9.66. The zero-order chi connectivity index (χ0) is 17.7. The third-order valence-corrected chi connectivity index (χ3v) is 6.53. The highest BCUT2D eigenvalue weighted by atomic mass is 35.5. The minimum absolute atomic E-state index is 0. The molecule has 1 aromatic carbocycles. The minimum Gasteiger partial charge on any atom is -0.379 e. The lowest BCUT2D eigenvalue weighted by atomic mass is 10.1. The molecule has 0 saturated carbocycles. The fourth-order valence-corrected chi connectivity index (χ4v) is 4.75. The number of benzene rings is 1. The molecule has 1 unspecified atom stereocenters. The van der Waals surface area contributed by atoms with Crippen LogP contribution in [0.4, 0.5) is 0 Å². The van der Waals surface area contributed by atoms with Gasteiger partial charge < -0.3 is 15.4 Å². The lowest BCUT2D eigenvalue weighted by Crippen LogP contribution is -2.41. The molecular weight excluding hydrogens is 378 g/mol. The number of halogens is 1. The number of nitrogens with one attached hydrogen (secondary N) is 2. The normalized spacial score (nSPS) is 21.2.